The van der Waals surface area contributed by atoms with Gasteiger partial charge in [-0.05, 0) is 46.0 Å². The Bertz CT molecular complexity index is 1570. The van der Waals surface area contributed by atoms with Crippen molar-refractivity contribution in [1.29, 1.82) is 0 Å². The lowest BCUT2D eigenvalue weighted by molar-refractivity contribution is -0.139. The third-order valence-corrected chi connectivity index (χ3v) is 6.94. The van der Waals surface area contributed by atoms with Gasteiger partial charge >= 0.3 is 12.1 Å². The first kappa shape index (κ1) is 21.9. The normalized spacial score (nSPS) is 13.3. The molecule has 0 radical (unpaired) electrons. The first-order valence-electron chi connectivity index (χ1n) is 11.9. The van der Waals surface area contributed by atoms with Gasteiger partial charge < -0.3 is 20.1 Å². The molecule has 0 spiro atoms. The lowest BCUT2D eigenvalue weighted by Crippen LogP contribution is -2.42. The molecule has 178 valence electrons. The molecule has 3 N–H and O–H groups in total. The molecule has 0 bridgehead atoms. The number of para-hydroxylation sites is 1. The Hall–Kier alpha value is -4.58. The highest BCUT2D eigenvalue weighted by Gasteiger charge is 2.29. The fraction of sp³-hybridized carbons (Fsp3) is 0.133. The molecule has 0 unspecified atom stereocenters. The molecule has 1 atom stereocenters. The Morgan fingerprint density at radius 1 is 0.833 bits per heavy atom. The number of fused-ring (bicyclic) bond motifs is 6. The summed E-state index contributed by atoms with van der Waals surface area (Å²) in [5, 5.41) is 14.4. The van der Waals surface area contributed by atoms with E-state index in [1.807, 2.05) is 78.9 Å². The molecule has 0 saturated carbocycles. The summed E-state index contributed by atoms with van der Waals surface area (Å²) in [7, 11) is 0. The predicted molar refractivity (Wildman–Crippen MR) is 139 cm³/mol. The highest BCUT2D eigenvalue weighted by molar-refractivity contribution is 6.07. The zero-order chi connectivity index (χ0) is 24.6. The van der Waals surface area contributed by atoms with Crippen molar-refractivity contribution in [2.75, 3.05) is 6.61 Å². The number of rotatable bonds is 6. The van der Waals surface area contributed by atoms with E-state index < -0.39 is 18.1 Å². The van der Waals surface area contributed by atoms with Crippen LogP contribution in [0.25, 0.3) is 32.9 Å². The van der Waals surface area contributed by atoms with Crippen LogP contribution in [0.4, 0.5) is 4.79 Å². The van der Waals surface area contributed by atoms with Crippen LogP contribution in [0.1, 0.15) is 22.6 Å². The van der Waals surface area contributed by atoms with E-state index >= 15 is 0 Å². The number of hydrogen-bond donors (Lipinski definition) is 3. The first-order valence-corrected chi connectivity index (χ1v) is 11.9. The predicted octanol–water partition coefficient (Wildman–Crippen LogP) is 5.86. The van der Waals surface area contributed by atoms with Gasteiger partial charge in [-0.1, -0.05) is 72.8 Å². The molecular weight excluding hydrogens is 452 g/mol. The molecule has 0 saturated heterocycles. The number of aromatic nitrogens is 1. The van der Waals surface area contributed by atoms with Crippen molar-refractivity contribution in [3.8, 4) is 11.1 Å². The summed E-state index contributed by atoms with van der Waals surface area (Å²) in [5.41, 5.74) is 7.31. The minimum absolute atomic E-state index is 0.0873. The topological polar surface area (TPSA) is 91.4 Å². The minimum Gasteiger partial charge on any atom is -0.480 e. The molecular formula is C30H24N2O4. The molecule has 36 heavy (non-hydrogen) atoms. The van der Waals surface area contributed by atoms with E-state index in [1.54, 1.807) is 0 Å². The maximum Gasteiger partial charge on any atom is 0.407 e. The van der Waals surface area contributed by atoms with Crippen LogP contribution in [0.15, 0.2) is 91.0 Å². The van der Waals surface area contributed by atoms with Gasteiger partial charge in [0.15, 0.2) is 0 Å². The zero-order valence-corrected chi connectivity index (χ0v) is 19.4. The van der Waals surface area contributed by atoms with Gasteiger partial charge in [-0.3, -0.25) is 0 Å². The summed E-state index contributed by atoms with van der Waals surface area (Å²) in [6.45, 7) is 0.132. The lowest BCUT2D eigenvalue weighted by Gasteiger charge is -2.17. The van der Waals surface area contributed by atoms with E-state index in [9.17, 15) is 14.7 Å². The number of amides is 1. The Morgan fingerprint density at radius 2 is 1.47 bits per heavy atom. The molecule has 1 aromatic heterocycles. The number of ether oxygens (including phenoxy) is 1. The highest BCUT2D eigenvalue weighted by Crippen LogP contribution is 2.44. The van der Waals surface area contributed by atoms with Crippen molar-refractivity contribution < 1.29 is 19.4 Å². The third kappa shape index (κ3) is 3.86. The number of carboxylic acids is 1. The standard InChI is InChI=1S/C30H24N2O4/c33-29(34)28(16-18-13-14-27-24(15-18)23-11-5-6-12-26(23)31-27)32-30(35)36-17-25-21-9-3-1-7-19(21)20-8-2-4-10-22(20)25/h1-15,25,28,31H,16-17H2,(H,32,35)(H,33,34)/t28-/m0/s1. The van der Waals surface area contributed by atoms with E-state index in [4.69, 9.17) is 4.74 Å². The second-order valence-electron chi connectivity index (χ2n) is 9.12. The van der Waals surface area contributed by atoms with Crippen LogP contribution >= 0.6 is 0 Å². The van der Waals surface area contributed by atoms with Crippen molar-refractivity contribution in [3.63, 3.8) is 0 Å². The van der Waals surface area contributed by atoms with Crippen LogP contribution in [0.5, 0.6) is 0 Å². The number of aromatic amines is 1. The Labute approximate surface area is 207 Å². The monoisotopic (exact) mass is 476 g/mol. The van der Waals surface area contributed by atoms with Gasteiger partial charge in [-0.25, -0.2) is 9.59 Å². The number of carboxylic acid groups (broad SMARTS) is 1. The van der Waals surface area contributed by atoms with Crippen molar-refractivity contribution in [2.45, 2.75) is 18.4 Å². The van der Waals surface area contributed by atoms with Gasteiger partial charge in [0.1, 0.15) is 12.6 Å². The smallest absolute Gasteiger partial charge is 0.407 e. The molecule has 0 fully saturated rings. The summed E-state index contributed by atoms with van der Waals surface area (Å²) in [5.74, 6) is -1.20. The van der Waals surface area contributed by atoms with Gasteiger partial charge in [0, 0.05) is 34.1 Å². The highest BCUT2D eigenvalue weighted by atomic mass is 16.5. The van der Waals surface area contributed by atoms with Crippen LogP contribution in [0, 0.1) is 0 Å². The Balaban J connectivity index is 1.17. The summed E-state index contributed by atoms with van der Waals surface area (Å²) < 4.78 is 5.56. The first-order chi connectivity index (χ1) is 17.6. The quantitative estimate of drug-likeness (QED) is 0.286. The maximum absolute atomic E-state index is 12.7. The van der Waals surface area contributed by atoms with Crippen molar-refractivity contribution in [2.24, 2.45) is 0 Å². The molecule has 6 rings (SSSR count). The van der Waals surface area contributed by atoms with Crippen LogP contribution in [-0.4, -0.2) is 34.8 Å². The SMILES string of the molecule is O=C(N[C@@H](Cc1ccc2[nH]c3ccccc3c2c1)C(=O)O)OCC1c2ccccc2-c2ccccc21. The van der Waals surface area contributed by atoms with Crippen LogP contribution in [-0.2, 0) is 16.0 Å². The average Bonchev–Trinajstić information content (AvgIpc) is 3.42. The molecule has 1 heterocycles. The molecule has 1 aliphatic rings. The summed E-state index contributed by atoms with van der Waals surface area (Å²) in [4.78, 5) is 28.0. The van der Waals surface area contributed by atoms with E-state index in [0.29, 0.717) is 0 Å². The Morgan fingerprint density at radius 3 is 2.19 bits per heavy atom. The number of alkyl carbamates (subject to hydrolysis) is 1. The summed E-state index contributed by atoms with van der Waals surface area (Å²) >= 11 is 0. The van der Waals surface area contributed by atoms with Crippen molar-refractivity contribution in [3.05, 3.63) is 108 Å². The fourth-order valence-electron chi connectivity index (χ4n) is 5.24. The Kier molecular flexibility index (Phi) is 5.41. The van der Waals surface area contributed by atoms with Crippen LogP contribution < -0.4 is 5.32 Å². The largest absolute Gasteiger partial charge is 0.480 e. The van der Waals surface area contributed by atoms with Crippen molar-refractivity contribution >= 4 is 33.9 Å². The van der Waals surface area contributed by atoms with Crippen LogP contribution in [0.3, 0.4) is 0 Å². The number of carbonyl (C=O) groups is 2. The van der Waals surface area contributed by atoms with E-state index in [1.165, 1.54) is 0 Å². The third-order valence-electron chi connectivity index (χ3n) is 6.94. The average molecular weight is 477 g/mol. The van der Waals surface area contributed by atoms with Crippen LogP contribution in [0.2, 0.25) is 0 Å². The van der Waals surface area contributed by atoms with Gasteiger partial charge in [0.05, 0.1) is 0 Å². The minimum atomic E-state index is -1.11. The number of H-pyrrole nitrogens is 1. The zero-order valence-electron chi connectivity index (χ0n) is 19.4. The van der Waals surface area contributed by atoms with Gasteiger partial charge in [0.2, 0.25) is 0 Å². The second kappa shape index (κ2) is 8.89. The molecule has 6 heteroatoms. The van der Waals surface area contributed by atoms with Gasteiger partial charge in [-0.15, -0.1) is 0 Å². The molecule has 6 nitrogen and oxygen atoms in total. The molecule has 1 amide bonds. The second-order valence-corrected chi connectivity index (χ2v) is 9.12. The van der Waals surface area contributed by atoms with E-state index in [0.717, 1.165) is 49.6 Å². The number of aliphatic carboxylic acids is 1. The van der Waals surface area contributed by atoms with Gasteiger partial charge in [0.25, 0.3) is 0 Å². The number of nitrogens with one attached hydrogen (secondary N) is 2. The fourth-order valence-corrected chi connectivity index (χ4v) is 5.24. The molecule has 1 aliphatic carbocycles. The molecule has 5 aromatic rings. The van der Waals surface area contributed by atoms with E-state index in [2.05, 4.69) is 22.4 Å². The van der Waals surface area contributed by atoms with E-state index in [-0.39, 0.29) is 18.9 Å². The van der Waals surface area contributed by atoms with Gasteiger partial charge in [-0.2, -0.15) is 0 Å². The summed E-state index contributed by atoms with van der Waals surface area (Å²) in [6.07, 6.45) is -0.591. The van der Waals surface area contributed by atoms with Crippen molar-refractivity contribution in [1.82, 2.24) is 10.3 Å². The maximum atomic E-state index is 12.7. The molecule has 4 aromatic carbocycles. The summed E-state index contributed by atoms with van der Waals surface area (Å²) in [6, 6.07) is 28.8. The number of hydrogen-bond acceptors (Lipinski definition) is 3. The molecule has 0 aliphatic heterocycles. The number of benzene rings is 4. The number of carbonyl (C=O) groups excluding carboxylic acids is 1. The lowest BCUT2D eigenvalue weighted by atomic mass is 9.98.